The zero-order valence-electron chi connectivity index (χ0n) is 24.4. The van der Waals surface area contributed by atoms with Crippen molar-refractivity contribution in [1.82, 2.24) is 19.5 Å². The minimum atomic E-state index is -3.21. The normalized spacial score (nSPS) is 16.3. The lowest BCUT2D eigenvalue weighted by Gasteiger charge is -2.31. The first-order chi connectivity index (χ1) is 20.2. The number of thiocarbonyl (C=S) groups is 1. The Kier molecular flexibility index (Phi) is 17.5. The van der Waals surface area contributed by atoms with Crippen molar-refractivity contribution in [2.75, 3.05) is 57.8 Å². The van der Waals surface area contributed by atoms with E-state index in [4.69, 9.17) is 36.8 Å². The highest BCUT2D eigenvalue weighted by Gasteiger charge is 2.32. The van der Waals surface area contributed by atoms with E-state index in [0.717, 1.165) is 109 Å². The van der Waals surface area contributed by atoms with Gasteiger partial charge in [0.1, 0.15) is 0 Å². The molecule has 1 saturated carbocycles. The molecular weight excluding hydrogens is 582 g/mol. The molecule has 0 radical (unpaired) electrons. The third-order valence-electron chi connectivity index (χ3n) is 7.31. The van der Waals surface area contributed by atoms with Crippen molar-refractivity contribution in [1.29, 1.82) is 0 Å². The average Bonchev–Trinajstić information content (AvgIpc) is 2.99. The van der Waals surface area contributed by atoms with Crippen LogP contribution in [0.15, 0.2) is 24.5 Å². The molecule has 2 heterocycles. The summed E-state index contributed by atoms with van der Waals surface area (Å²) < 4.78 is 34.1. The van der Waals surface area contributed by atoms with E-state index in [-0.39, 0.29) is 5.25 Å². The largest absolute Gasteiger partial charge is 0.473 e. The second-order valence-electron chi connectivity index (χ2n) is 10.5. The first-order valence-electron chi connectivity index (χ1n) is 14.9. The molecule has 238 valence electrons. The van der Waals surface area contributed by atoms with Gasteiger partial charge in [0.05, 0.1) is 18.5 Å². The number of rotatable bonds is 15. The van der Waals surface area contributed by atoms with E-state index in [1.165, 1.54) is 6.42 Å². The zero-order valence-corrected chi connectivity index (χ0v) is 26.0. The Hall–Kier alpha value is -2.39. The SMILES string of the molecule is O=C(O)C(=O)O.O=S(=O)(C1CCCCC1)N(CCCCCCCNC(=S)Nc1ccncc1)CCCN1CCOCC1. The maximum Gasteiger partial charge on any atom is 0.414 e. The van der Waals surface area contributed by atoms with Crippen molar-refractivity contribution in [3.8, 4) is 0 Å². The summed E-state index contributed by atoms with van der Waals surface area (Å²) in [4.78, 5) is 24.6. The van der Waals surface area contributed by atoms with Crippen LogP contribution in [-0.4, -0.2) is 108 Å². The molecule has 2 fully saturated rings. The summed E-state index contributed by atoms with van der Waals surface area (Å²) in [6.07, 6.45) is 14.5. The van der Waals surface area contributed by atoms with Gasteiger partial charge in [-0.15, -0.1) is 0 Å². The summed E-state index contributed by atoms with van der Waals surface area (Å²) in [6.45, 7) is 6.55. The van der Waals surface area contributed by atoms with Crippen LogP contribution in [0.3, 0.4) is 0 Å². The molecule has 1 aromatic rings. The number of aliphatic carboxylic acids is 2. The number of pyridine rings is 1. The van der Waals surface area contributed by atoms with E-state index in [1.807, 2.05) is 16.4 Å². The number of ether oxygens (including phenoxy) is 1. The smallest absolute Gasteiger partial charge is 0.414 e. The lowest BCUT2D eigenvalue weighted by atomic mass is 10.0. The minimum absolute atomic E-state index is 0.176. The van der Waals surface area contributed by atoms with Crippen molar-refractivity contribution in [3.05, 3.63) is 24.5 Å². The van der Waals surface area contributed by atoms with E-state index in [0.29, 0.717) is 18.2 Å². The number of sulfonamides is 1. The maximum absolute atomic E-state index is 13.4. The van der Waals surface area contributed by atoms with Gasteiger partial charge in [-0.2, -0.15) is 0 Å². The Balaban J connectivity index is 0.000000928. The summed E-state index contributed by atoms with van der Waals surface area (Å²) in [5, 5.41) is 21.6. The third-order valence-corrected chi connectivity index (χ3v) is 9.96. The molecule has 42 heavy (non-hydrogen) atoms. The van der Waals surface area contributed by atoms with E-state index in [9.17, 15) is 8.42 Å². The number of carboxylic acids is 2. The van der Waals surface area contributed by atoms with Crippen molar-refractivity contribution < 1.29 is 33.0 Å². The van der Waals surface area contributed by atoms with Gasteiger partial charge in [0.25, 0.3) is 0 Å². The molecule has 1 aliphatic heterocycles. The fraction of sp³-hybridized carbons (Fsp3) is 0.714. The van der Waals surface area contributed by atoms with E-state index in [1.54, 1.807) is 12.4 Å². The van der Waals surface area contributed by atoms with Gasteiger partial charge in [0.15, 0.2) is 5.11 Å². The number of nitrogens with one attached hydrogen (secondary N) is 2. The quantitative estimate of drug-likeness (QED) is 0.128. The number of aromatic nitrogens is 1. The maximum atomic E-state index is 13.4. The first kappa shape index (κ1) is 35.8. The lowest BCUT2D eigenvalue weighted by molar-refractivity contribution is -0.159. The van der Waals surface area contributed by atoms with E-state index in [2.05, 4.69) is 20.5 Å². The number of nitrogens with zero attached hydrogens (tertiary/aromatic N) is 3. The highest BCUT2D eigenvalue weighted by Crippen LogP contribution is 2.26. The van der Waals surface area contributed by atoms with Crippen LogP contribution in [0.25, 0.3) is 0 Å². The molecule has 14 heteroatoms. The van der Waals surface area contributed by atoms with Gasteiger partial charge in [0, 0.05) is 50.8 Å². The number of morpholine rings is 1. The zero-order chi connectivity index (χ0) is 30.6. The number of anilines is 1. The number of carbonyl (C=O) groups is 2. The predicted octanol–water partition coefficient (Wildman–Crippen LogP) is 3.16. The van der Waals surface area contributed by atoms with Gasteiger partial charge < -0.3 is 25.6 Å². The Morgan fingerprint density at radius 2 is 1.55 bits per heavy atom. The summed E-state index contributed by atoms with van der Waals surface area (Å²) >= 11 is 5.34. The molecule has 4 N–H and O–H groups in total. The lowest BCUT2D eigenvalue weighted by Crippen LogP contribution is -2.42. The Morgan fingerprint density at radius 3 is 2.19 bits per heavy atom. The second-order valence-corrected chi connectivity index (χ2v) is 13.1. The van der Waals surface area contributed by atoms with E-state index < -0.39 is 22.0 Å². The fourth-order valence-electron chi connectivity index (χ4n) is 4.99. The van der Waals surface area contributed by atoms with Gasteiger partial charge in [-0.1, -0.05) is 38.5 Å². The van der Waals surface area contributed by atoms with Crippen LogP contribution in [0.5, 0.6) is 0 Å². The van der Waals surface area contributed by atoms with Gasteiger partial charge in [-0.05, 0) is 63.0 Å². The van der Waals surface area contributed by atoms with Crippen molar-refractivity contribution >= 4 is 45.0 Å². The average molecular weight is 630 g/mol. The van der Waals surface area contributed by atoms with Crippen molar-refractivity contribution in [3.63, 3.8) is 0 Å². The Bertz CT molecular complexity index is 1020. The standard InChI is InChI=1S/C26H45N5O3S2.C2H2O4/c32-36(33,25-10-5-4-6-11-25)31(19-9-17-30-20-22-34-23-21-30)18-8-3-1-2-7-14-28-26(35)29-24-12-15-27-16-13-24;3-1(4)2(5)6/h12-13,15-16,25H,1-11,14,17-23H2,(H2,27,28,29,35);(H,3,4)(H,5,6). The molecule has 1 aromatic heterocycles. The molecule has 0 amide bonds. The molecule has 0 spiro atoms. The highest BCUT2D eigenvalue weighted by atomic mass is 32.2. The predicted molar refractivity (Wildman–Crippen MR) is 166 cm³/mol. The molecule has 12 nitrogen and oxygen atoms in total. The van der Waals surface area contributed by atoms with Crippen molar-refractivity contribution in [2.45, 2.75) is 75.9 Å². The summed E-state index contributed by atoms with van der Waals surface area (Å²) in [5.74, 6) is -3.65. The third kappa shape index (κ3) is 14.7. The molecule has 0 aromatic carbocycles. The van der Waals surface area contributed by atoms with Crippen LogP contribution in [-0.2, 0) is 24.3 Å². The molecular formula is C28H47N5O7S2. The highest BCUT2D eigenvalue weighted by molar-refractivity contribution is 7.89. The van der Waals surface area contributed by atoms with Crippen molar-refractivity contribution in [2.24, 2.45) is 0 Å². The molecule has 0 unspecified atom stereocenters. The minimum Gasteiger partial charge on any atom is -0.473 e. The summed E-state index contributed by atoms with van der Waals surface area (Å²) in [6, 6.07) is 3.77. The number of unbranched alkanes of at least 4 members (excludes halogenated alkanes) is 4. The van der Waals surface area contributed by atoms with Gasteiger partial charge in [-0.3, -0.25) is 9.88 Å². The van der Waals surface area contributed by atoms with Gasteiger partial charge >= 0.3 is 11.9 Å². The van der Waals surface area contributed by atoms with Crippen LogP contribution < -0.4 is 10.6 Å². The van der Waals surface area contributed by atoms with Crippen LogP contribution >= 0.6 is 12.2 Å². The Labute approximate surface area is 255 Å². The summed E-state index contributed by atoms with van der Waals surface area (Å²) in [7, 11) is -3.21. The molecule has 2 aliphatic rings. The topological polar surface area (TPSA) is 161 Å². The summed E-state index contributed by atoms with van der Waals surface area (Å²) in [5.41, 5.74) is 0.931. The van der Waals surface area contributed by atoms with Gasteiger partial charge in [0.2, 0.25) is 10.0 Å². The first-order valence-corrected chi connectivity index (χ1v) is 16.8. The molecule has 0 atom stereocenters. The number of hydrogen-bond donors (Lipinski definition) is 4. The molecule has 0 bridgehead atoms. The van der Waals surface area contributed by atoms with Crippen LogP contribution in [0, 0.1) is 0 Å². The number of hydrogen-bond acceptors (Lipinski definition) is 8. The number of carboxylic acid groups (broad SMARTS) is 2. The second kappa shape index (κ2) is 20.5. The van der Waals surface area contributed by atoms with Crippen LogP contribution in [0.1, 0.15) is 70.6 Å². The van der Waals surface area contributed by atoms with Gasteiger partial charge in [-0.25, -0.2) is 22.3 Å². The molecule has 1 aliphatic carbocycles. The van der Waals surface area contributed by atoms with Crippen LogP contribution in [0.2, 0.25) is 0 Å². The fourth-order valence-corrected chi connectivity index (χ4v) is 7.33. The molecule has 3 rings (SSSR count). The molecule has 1 saturated heterocycles. The monoisotopic (exact) mass is 629 g/mol. The van der Waals surface area contributed by atoms with E-state index >= 15 is 0 Å². The van der Waals surface area contributed by atoms with Crippen LogP contribution in [0.4, 0.5) is 5.69 Å². The Morgan fingerprint density at radius 1 is 0.952 bits per heavy atom.